The molecule has 0 saturated heterocycles. The van der Waals surface area contributed by atoms with E-state index in [1.165, 1.54) is 4.57 Å². The van der Waals surface area contributed by atoms with Crippen LogP contribution in [0, 0.1) is 6.92 Å². The predicted octanol–water partition coefficient (Wildman–Crippen LogP) is 4.46. The molecule has 8 heteroatoms. The van der Waals surface area contributed by atoms with Gasteiger partial charge in [0.15, 0.2) is 0 Å². The second kappa shape index (κ2) is 8.23. The largest absolute Gasteiger partial charge is 0.366 e. The summed E-state index contributed by atoms with van der Waals surface area (Å²) in [6, 6.07) is 4.12. The van der Waals surface area contributed by atoms with Crippen molar-refractivity contribution in [3.8, 4) is 11.3 Å². The van der Waals surface area contributed by atoms with Gasteiger partial charge in [0.25, 0.3) is 5.56 Å². The Morgan fingerprint density at radius 3 is 2.71 bits per heavy atom. The Kier molecular flexibility index (Phi) is 5.62. The van der Waals surface area contributed by atoms with E-state index >= 15 is 0 Å². The topological polar surface area (TPSA) is 87.6 Å². The second-order valence-corrected chi connectivity index (χ2v) is 8.71. The van der Waals surface area contributed by atoms with Crippen molar-refractivity contribution in [1.29, 1.82) is 0 Å². The lowest BCUT2D eigenvalue weighted by Crippen LogP contribution is -2.26. The highest BCUT2D eigenvalue weighted by Crippen LogP contribution is 2.36. The van der Waals surface area contributed by atoms with E-state index in [-0.39, 0.29) is 17.5 Å². The van der Waals surface area contributed by atoms with Crippen LogP contribution < -0.4 is 16.2 Å². The molecule has 0 aliphatic carbocycles. The first kappa shape index (κ1) is 21.2. The number of aromatic amines is 1. The van der Waals surface area contributed by atoms with Crippen molar-refractivity contribution >= 4 is 29.4 Å². The van der Waals surface area contributed by atoms with Crippen LogP contribution in [-0.2, 0) is 7.05 Å². The molecule has 4 heterocycles. The summed E-state index contributed by atoms with van der Waals surface area (Å²) in [6.07, 6.45) is 5.62. The number of H-pyrrole nitrogens is 1. The third-order valence-electron chi connectivity index (χ3n) is 5.61. The van der Waals surface area contributed by atoms with Crippen LogP contribution in [-0.4, -0.2) is 32.1 Å². The fraction of sp³-hybridized carbons (Fsp3) is 0.348. The maximum Gasteiger partial charge on any atom is 0.264 e. The maximum atomic E-state index is 12.9. The Bertz CT molecular complexity index is 1220. The Labute approximate surface area is 186 Å². The van der Waals surface area contributed by atoms with Crippen LogP contribution in [0.15, 0.2) is 34.4 Å². The number of hydrogen-bond donors (Lipinski definition) is 3. The van der Waals surface area contributed by atoms with Crippen molar-refractivity contribution in [2.45, 2.75) is 39.7 Å². The minimum atomic E-state index is -0.128. The molecular weight excluding hydrogens is 412 g/mol. The molecule has 0 bridgehead atoms. The lowest BCUT2D eigenvalue weighted by atomic mass is 9.90. The average Bonchev–Trinajstić information content (AvgIpc) is 3.14. The van der Waals surface area contributed by atoms with Gasteiger partial charge in [-0.2, -0.15) is 0 Å². The number of halogens is 1. The van der Waals surface area contributed by atoms with Crippen molar-refractivity contribution in [2.24, 2.45) is 7.05 Å². The van der Waals surface area contributed by atoms with Crippen molar-refractivity contribution < 1.29 is 0 Å². The third kappa shape index (κ3) is 3.97. The molecule has 0 fully saturated rings. The summed E-state index contributed by atoms with van der Waals surface area (Å²) < 4.78 is 1.53. The summed E-state index contributed by atoms with van der Waals surface area (Å²) in [7, 11) is 1.72. The smallest absolute Gasteiger partial charge is 0.264 e. The van der Waals surface area contributed by atoms with E-state index in [2.05, 4.69) is 27.5 Å². The first-order valence-corrected chi connectivity index (χ1v) is 10.8. The molecule has 1 atom stereocenters. The molecule has 162 valence electrons. The third-order valence-corrected chi connectivity index (χ3v) is 5.85. The SMILES string of the molecule is Cc1nc(-c2cnc(NC(C)C)n(C)c2=O)ccc1C(C)c1c[nH]c2c1C=C(Cl)CN2. The summed E-state index contributed by atoms with van der Waals surface area (Å²) in [4.78, 5) is 25.4. The van der Waals surface area contributed by atoms with Gasteiger partial charge < -0.3 is 15.6 Å². The molecule has 3 aromatic heterocycles. The van der Waals surface area contributed by atoms with E-state index < -0.39 is 0 Å². The number of hydrogen-bond acceptors (Lipinski definition) is 5. The van der Waals surface area contributed by atoms with Crippen LogP contribution in [0.25, 0.3) is 17.3 Å². The molecule has 3 N–H and O–H groups in total. The first-order valence-electron chi connectivity index (χ1n) is 10.4. The fourth-order valence-corrected chi connectivity index (χ4v) is 4.13. The monoisotopic (exact) mass is 438 g/mol. The number of pyridine rings is 1. The number of aromatic nitrogens is 4. The van der Waals surface area contributed by atoms with Gasteiger partial charge in [0.05, 0.1) is 17.8 Å². The maximum absolute atomic E-state index is 12.9. The van der Waals surface area contributed by atoms with Crippen LogP contribution in [0.4, 0.5) is 11.8 Å². The van der Waals surface area contributed by atoms with Crippen LogP contribution in [0.5, 0.6) is 0 Å². The van der Waals surface area contributed by atoms with Gasteiger partial charge in [-0.1, -0.05) is 24.6 Å². The van der Waals surface area contributed by atoms with E-state index in [4.69, 9.17) is 16.6 Å². The predicted molar refractivity (Wildman–Crippen MR) is 127 cm³/mol. The molecule has 0 amide bonds. The highest BCUT2D eigenvalue weighted by atomic mass is 35.5. The molecule has 4 rings (SSSR count). The molecule has 1 aliphatic heterocycles. The van der Waals surface area contributed by atoms with Crippen LogP contribution in [0.1, 0.15) is 49.1 Å². The van der Waals surface area contributed by atoms with Crippen molar-refractivity contribution in [3.63, 3.8) is 0 Å². The van der Waals surface area contributed by atoms with E-state index in [1.807, 2.05) is 45.2 Å². The zero-order chi connectivity index (χ0) is 22.3. The highest BCUT2D eigenvalue weighted by molar-refractivity contribution is 6.32. The van der Waals surface area contributed by atoms with E-state index in [1.54, 1.807) is 13.2 Å². The quantitative estimate of drug-likeness (QED) is 0.547. The number of aryl methyl sites for hydroxylation is 1. The molecular formula is C23H27ClN6O. The standard InChI is InChI=1S/C23H27ClN6O/c1-12(2)28-23-27-11-19(22(31)30(23)5)20-7-6-16(14(4)29-20)13(3)18-10-26-21-17(18)8-15(24)9-25-21/h6-8,10-13,25-26H,9H2,1-5H3,(H,27,28). The Morgan fingerprint density at radius 1 is 1.23 bits per heavy atom. The van der Waals surface area contributed by atoms with Crippen molar-refractivity contribution in [2.75, 3.05) is 17.2 Å². The second-order valence-electron chi connectivity index (χ2n) is 8.23. The number of nitrogens with zero attached hydrogens (tertiary/aromatic N) is 3. The Hall–Kier alpha value is -3.06. The molecule has 3 aromatic rings. The Balaban J connectivity index is 1.68. The van der Waals surface area contributed by atoms with Gasteiger partial charge in [0.2, 0.25) is 5.95 Å². The van der Waals surface area contributed by atoms with Crippen LogP contribution in [0.3, 0.4) is 0 Å². The Morgan fingerprint density at radius 2 is 2.00 bits per heavy atom. The van der Waals surface area contributed by atoms with Crippen molar-refractivity contribution in [1.82, 2.24) is 19.5 Å². The van der Waals surface area contributed by atoms with E-state index in [0.29, 0.717) is 23.8 Å². The number of nitrogens with one attached hydrogen (secondary N) is 3. The molecule has 0 spiro atoms. The molecule has 0 saturated carbocycles. The van der Waals surface area contributed by atoms with E-state index in [9.17, 15) is 4.79 Å². The summed E-state index contributed by atoms with van der Waals surface area (Å²) >= 11 is 6.24. The summed E-state index contributed by atoms with van der Waals surface area (Å²) in [5, 5.41) is 7.25. The zero-order valence-electron chi connectivity index (χ0n) is 18.4. The molecule has 31 heavy (non-hydrogen) atoms. The first-order chi connectivity index (χ1) is 14.8. The van der Waals surface area contributed by atoms with Gasteiger partial charge in [-0.05, 0) is 44.0 Å². The lowest BCUT2D eigenvalue weighted by Gasteiger charge is -2.18. The van der Waals surface area contributed by atoms with Gasteiger partial charge in [0, 0.05) is 47.7 Å². The van der Waals surface area contributed by atoms with E-state index in [0.717, 1.165) is 33.2 Å². The zero-order valence-corrected chi connectivity index (χ0v) is 19.1. The lowest BCUT2D eigenvalue weighted by molar-refractivity contribution is 0.787. The van der Waals surface area contributed by atoms with Gasteiger partial charge in [0.1, 0.15) is 5.82 Å². The number of rotatable bonds is 5. The minimum Gasteiger partial charge on any atom is -0.366 e. The molecule has 1 aliphatic rings. The van der Waals surface area contributed by atoms with Gasteiger partial charge in [-0.3, -0.25) is 14.3 Å². The van der Waals surface area contributed by atoms with Gasteiger partial charge >= 0.3 is 0 Å². The number of fused-ring (bicyclic) bond motifs is 1. The van der Waals surface area contributed by atoms with Crippen molar-refractivity contribution in [3.05, 3.63) is 62.3 Å². The summed E-state index contributed by atoms with van der Waals surface area (Å²) in [5.74, 6) is 1.64. The van der Waals surface area contributed by atoms with Crippen LogP contribution >= 0.6 is 11.6 Å². The average molecular weight is 439 g/mol. The molecule has 7 nitrogen and oxygen atoms in total. The highest BCUT2D eigenvalue weighted by Gasteiger charge is 2.21. The van der Waals surface area contributed by atoms with Crippen LogP contribution in [0.2, 0.25) is 0 Å². The molecule has 0 radical (unpaired) electrons. The summed E-state index contributed by atoms with van der Waals surface area (Å²) in [6.45, 7) is 8.77. The van der Waals surface area contributed by atoms with Gasteiger partial charge in [-0.15, -0.1) is 0 Å². The number of anilines is 2. The molecule has 1 unspecified atom stereocenters. The normalized spacial score (nSPS) is 14.1. The summed E-state index contributed by atoms with van der Waals surface area (Å²) in [5.41, 5.74) is 5.19. The van der Waals surface area contributed by atoms with Gasteiger partial charge in [-0.25, -0.2) is 4.98 Å². The minimum absolute atomic E-state index is 0.112. The fourth-order valence-electron chi connectivity index (χ4n) is 3.95. The molecule has 0 aromatic carbocycles.